The standard InChI is InChI=1S/C14H20O/c1-6-12-8-7-9-13(10(2)3)14(12)15-11(4)5/h6-11H,1H2,2-5H3. The van der Waals surface area contributed by atoms with Gasteiger partial charge in [0.25, 0.3) is 0 Å². The topological polar surface area (TPSA) is 9.23 Å². The molecule has 0 fully saturated rings. The van der Waals surface area contributed by atoms with Crippen LogP contribution >= 0.6 is 0 Å². The molecule has 0 saturated heterocycles. The largest absolute Gasteiger partial charge is 0.490 e. The molecule has 0 aliphatic carbocycles. The normalized spacial score (nSPS) is 10.8. The lowest BCUT2D eigenvalue weighted by atomic mass is 9.99. The molecule has 0 saturated carbocycles. The number of hydrogen-bond donors (Lipinski definition) is 0. The predicted molar refractivity (Wildman–Crippen MR) is 66.4 cm³/mol. The maximum atomic E-state index is 5.86. The van der Waals surface area contributed by atoms with Crippen molar-refractivity contribution in [1.29, 1.82) is 0 Å². The lowest BCUT2D eigenvalue weighted by Crippen LogP contribution is -2.09. The van der Waals surface area contributed by atoms with Gasteiger partial charge in [0, 0.05) is 5.56 Å². The summed E-state index contributed by atoms with van der Waals surface area (Å²) in [5.41, 5.74) is 2.33. The second kappa shape index (κ2) is 5.01. The highest BCUT2D eigenvalue weighted by atomic mass is 16.5. The van der Waals surface area contributed by atoms with Crippen LogP contribution in [-0.2, 0) is 0 Å². The Morgan fingerprint density at radius 3 is 2.33 bits per heavy atom. The van der Waals surface area contributed by atoms with Crippen molar-refractivity contribution in [1.82, 2.24) is 0 Å². The molecule has 0 atom stereocenters. The zero-order valence-electron chi connectivity index (χ0n) is 10.1. The van der Waals surface area contributed by atoms with Crippen LogP contribution in [0.5, 0.6) is 5.75 Å². The maximum absolute atomic E-state index is 5.86. The van der Waals surface area contributed by atoms with Crippen LogP contribution in [0.2, 0.25) is 0 Å². The van der Waals surface area contributed by atoms with Gasteiger partial charge in [0.05, 0.1) is 6.10 Å². The van der Waals surface area contributed by atoms with Gasteiger partial charge in [-0.3, -0.25) is 0 Å². The van der Waals surface area contributed by atoms with E-state index < -0.39 is 0 Å². The minimum Gasteiger partial charge on any atom is -0.490 e. The van der Waals surface area contributed by atoms with Crippen LogP contribution in [0.4, 0.5) is 0 Å². The van der Waals surface area contributed by atoms with Crippen LogP contribution in [0.25, 0.3) is 6.08 Å². The van der Waals surface area contributed by atoms with Gasteiger partial charge in [-0.15, -0.1) is 0 Å². The van der Waals surface area contributed by atoms with E-state index in [1.54, 1.807) is 0 Å². The second-order valence-corrected chi connectivity index (χ2v) is 4.29. The molecular formula is C14H20O. The molecule has 0 unspecified atom stereocenters. The summed E-state index contributed by atoms with van der Waals surface area (Å²) in [6.45, 7) is 12.3. The van der Waals surface area contributed by atoms with Crippen LogP contribution < -0.4 is 4.74 Å². The number of ether oxygens (including phenoxy) is 1. The summed E-state index contributed by atoms with van der Waals surface area (Å²) >= 11 is 0. The molecule has 15 heavy (non-hydrogen) atoms. The Bertz CT molecular complexity index is 337. The molecular weight excluding hydrogens is 184 g/mol. The molecule has 1 rings (SSSR count). The van der Waals surface area contributed by atoms with Crippen LogP contribution in [0.15, 0.2) is 24.8 Å². The van der Waals surface area contributed by atoms with E-state index in [2.05, 4.69) is 32.6 Å². The Balaban J connectivity index is 3.20. The molecule has 0 spiro atoms. The average Bonchev–Trinajstić information content (AvgIpc) is 2.16. The number of hydrogen-bond acceptors (Lipinski definition) is 1. The van der Waals surface area contributed by atoms with Crippen molar-refractivity contribution >= 4 is 6.08 Å². The van der Waals surface area contributed by atoms with Crippen molar-refractivity contribution < 1.29 is 4.74 Å². The Kier molecular flexibility index (Phi) is 3.96. The fraction of sp³-hybridized carbons (Fsp3) is 0.429. The summed E-state index contributed by atoms with van der Waals surface area (Å²) in [7, 11) is 0. The number of rotatable bonds is 4. The molecule has 0 aliphatic heterocycles. The molecule has 0 aromatic heterocycles. The first-order valence-electron chi connectivity index (χ1n) is 5.48. The van der Waals surface area contributed by atoms with Gasteiger partial charge in [0.2, 0.25) is 0 Å². The summed E-state index contributed by atoms with van der Waals surface area (Å²) in [6, 6.07) is 6.21. The van der Waals surface area contributed by atoms with Gasteiger partial charge in [0.1, 0.15) is 5.75 Å². The lowest BCUT2D eigenvalue weighted by molar-refractivity contribution is 0.238. The smallest absolute Gasteiger partial charge is 0.130 e. The Hall–Kier alpha value is -1.24. The van der Waals surface area contributed by atoms with Crippen LogP contribution in [0, 0.1) is 0 Å². The van der Waals surface area contributed by atoms with Gasteiger partial charge in [-0.05, 0) is 25.3 Å². The van der Waals surface area contributed by atoms with Gasteiger partial charge in [0.15, 0.2) is 0 Å². The molecule has 1 aromatic carbocycles. The highest BCUT2D eigenvalue weighted by molar-refractivity contribution is 5.59. The summed E-state index contributed by atoms with van der Waals surface area (Å²) in [6.07, 6.45) is 2.05. The number of para-hydroxylation sites is 1. The summed E-state index contributed by atoms with van der Waals surface area (Å²) < 4.78 is 5.86. The van der Waals surface area contributed by atoms with Gasteiger partial charge in [-0.1, -0.05) is 44.7 Å². The molecule has 1 aromatic rings. The third kappa shape index (κ3) is 2.85. The summed E-state index contributed by atoms with van der Waals surface area (Å²) in [4.78, 5) is 0. The van der Waals surface area contributed by atoms with E-state index in [4.69, 9.17) is 4.74 Å². The van der Waals surface area contributed by atoms with E-state index in [1.165, 1.54) is 5.56 Å². The fourth-order valence-electron chi connectivity index (χ4n) is 1.56. The van der Waals surface area contributed by atoms with Gasteiger partial charge >= 0.3 is 0 Å². The zero-order valence-corrected chi connectivity index (χ0v) is 10.1. The third-order valence-corrected chi connectivity index (χ3v) is 2.27. The molecule has 0 radical (unpaired) electrons. The van der Waals surface area contributed by atoms with Gasteiger partial charge in [-0.2, -0.15) is 0 Å². The lowest BCUT2D eigenvalue weighted by Gasteiger charge is -2.18. The summed E-state index contributed by atoms with van der Waals surface area (Å²) in [5, 5.41) is 0. The van der Waals surface area contributed by atoms with E-state index in [0.29, 0.717) is 5.92 Å². The van der Waals surface area contributed by atoms with Gasteiger partial charge in [-0.25, -0.2) is 0 Å². The van der Waals surface area contributed by atoms with Crippen molar-refractivity contribution in [3.8, 4) is 5.75 Å². The zero-order chi connectivity index (χ0) is 11.4. The molecule has 0 amide bonds. The predicted octanol–water partition coefficient (Wildman–Crippen LogP) is 4.24. The van der Waals surface area contributed by atoms with Gasteiger partial charge < -0.3 is 4.74 Å². The molecule has 82 valence electrons. The second-order valence-electron chi connectivity index (χ2n) is 4.29. The van der Waals surface area contributed by atoms with Crippen molar-refractivity contribution in [2.45, 2.75) is 39.7 Å². The fourth-order valence-corrected chi connectivity index (χ4v) is 1.56. The van der Waals surface area contributed by atoms with Crippen LogP contribution in [-0.4, -0.2) is 6.10 Å². The van der Waals surface area contributed by atoms with Crippen LogP contribution in [0.1, 0.15) is 44.7 Å². The third-order valence-electron chi connectivity index (χ3n) is 2.27. The molecule has 1 heteroatoms. The SMILES string of the molecule is C=Cc1cccc(C(C)C)c1OC(C)C. The highest BCUT2D eigenvalue weighted by Crippen LogP contribution is 2.31. The first-order valence-corrected chi connectivity index (χ1v) is 5.48. The Morgan fingerprint density at radius 2 is 1.87 bits per heavy atom. The molecule has 0 heterocycles. The van der Waals surface area contributed by atoms with Crippen molar-refractivity contribution in [2.75, 3.05) is 0 Å². The molecule has 0 N–H and O–H groups in total. The van der Waals surface area contributed by atoms with E-state index >= 15 is 0 Å². The maximum Gasteiger partial charge on any atom is 0.130 e. The quantitative estimate of drug-likeness (QED) is 0.712. The Morgan fingerprint density at radius 1 is 1.20 bits per heavy atom. The van der Waals surface area contributed by atoms with E-state index in [-0.39, 0.29) is 6.10 Å². The number of benzene rings is 1. The van der Waals surface area contributed by atoms with Crippen LogP contribution in [0.3, 0.4) is 0 Å². The van der Waals surface area contributed by atoms with Crippen molar-refractivity contribution in [3.63, 3.8) is 0 Å². The van der Waals surface area contributed by atoms with Crippen molar-refractivity contribution in [3.05, 3.63) is 35.9 Å². The highest BCUT2D eigenvalue weighted by Gasteiger charge is 2.11. The monoisotopic (exact) mass is 204 g/mol. The van der Waals surface area contributed by atoms with Crippen molar-refractivity contribution in [2.24, 2.45) is 0 Å². The van der Waals surface area contributed by atoms with E-state index in [1.807, 2.05) is 26.0 Å². The minimum absolute atomic E-state index is 0.198. The molecule has 0 bridgehead atoms. The molecule has 0 aliphatic rings. The van der Waals surface area contributed by atoms with E-state index in [9.17, 15) is 0 Å². The first kappa shape index (κ1) is 11.8. The first-order chi connectivity index (χ1) is 7.06. The summed E-state index contributed by atoms with van der Waals surface area (Å²) in [5.74, 6) is 1.45. The Labute approximate surface area is 92.8 Å². The average molecular weight is 204 g/mol. The molecule has 1 nitrogen and oxygen atoms in total. The van der Waals surface area contributed by atoms with E-state index in [0.717, 1.165) is 11.3 Å². The minimum atomic E-state index is 0.198.